The molecule has 2 aliphatic carbocycles. The Balaban J connectivity index is 0.00000348. The first-order valence-electron chi connectivity index (χ1n) is 15.4. The van der Waals surface area contributed by atoms with Gasteiger partial charge in [-0.15, -0.1) is 0 Å². The van der Waals surface area contributed by atoms with E-state index in [1.807, 2.05) is 0 Å². The molecular weight excluding hydrogens is 789 g/mol. The van der Waals surface area contributed by atoms with E-state index < -0.39 is 65.0 Å². The Kier molecular flexibility index (Phi) is 14.1. The van der Waals surface area contributed by atoms with Crippen molar-refractivity contribution in [1.82, 2.24) is 0 Å². The number of hydrogen-bond donors (Lipinski definition) is 5. The number of para-hydroxylation sites is 1. The Bertz CT molecular complexity index is 2630. The van der Waals surface area contributed by atoms with Crippen molar-refractivity contribution < 1.29 is 105 Å². The average Bonchev–Trinajstić information content (AvgIpc) is 3.10. The van der Waals surface area contributed by atoms with E-state index in [4.69, 9.17) is 0 Å². The molecule has 0 unspecified atom stereocenters. The van der Waals surface area contributed by atoms with E-state index in [1.165, 1.54) is 67.6 Å². The molecule has 0 atom stereocenters. The number of benzene rings is 4. The Hall–Kier alpha value is -4.80. The van der Waals surface area contributed by atoms with E-state index in [9.17, 15) is 45.4 Å². The Morgan fingerprint density at radius 2 is 1.11 bits per heavy atom. The second-order valence-corrected chi connectivity index (χ2v) is 14.2. The van der Waals surface area contributed by atoms with Gasteiger partial charge in [-0.1, -0.05) is 18.2 Å². The quantitative estimate of drug-likeness (QED) is 0.0412. The molecule has 0 bridgehead atoms. The molecule has 0 heterocycles. The van der Waals surface area contributed by atoms with Crippen LogP contribution in [0.25, 0.3) is 12.2 Å². The zero-order valence-electron chi connectivity index (χ0n) is 29.6. The minimum atomic E-state index is -5.17. The van der Waals surface area contributed by atoms with E-state index in [1.54, 1.807) is 30.3 Å². The second kappa shape index (κ2) is 18.0. The third kappa shape index (κ3) is 10.3. The van der Waals surface area contributed by atoms with Gasteiger partial charge in [0, 0.05) is 22.5 Å². The Labute approximate surface area is 363 Å². The van der Waals surface area contributed by atoms with Crippen LogP contribution in [-0.2, 0) is 20.2 Å². The zero-order chi connectivity index (χ0) is 38.8. The van der Waals surface area contributed by atoms with Gasteiger partial charge in [-0.05, 0) is 109 Å². The van der Waals surface area contributed by atoms with Gasteiger partial charge in [-0.3, -0.25) is 30.0 Å². The fraction of sp³-hybridized carbons (Fsp3) is 0.0286. The molecule has 0 saturated carbocycles. The monoisotopic (exact) mass is 813 g/mol. The maximum Gasteiger partial charge on any atom is 1.00 e. The van der Waals surface area contributed by atoms with Gasteiger partial charge in [0.25, 0.3) is 10.1 Å². The largest absolute Gasteiger partial charge is 1.00 e. The van der Waals surface area contributed by atoms with Gasteiger partial charge >= 0.3 is 65.1 Å². The molecule has 2 amide bonds. The number of urea groups is 1. The normalized spacial score (nSPS) is 15.3. The topological polar surface area (TPSA) is 271 Å². The summed E-state index contributed by atoms with van der Waals surface area (Å²) in [7, 11) is -10.1. The smallest absolute Gasteiger partial charge is 0.862 e. The molecule has 4 aromatic carbocycles. The van der Waals surface area contributed by atoms with Crippen LogP contribution in [0.1, 0.15) is 38.8 Å². The molecule has 6 rings (SSSR count). The molecule has 0 saturated heterocycles. The minimum absolute atomic E-state index is 0. The summed E-state index contributed by atoms with van der Waals surface area (Å²) >= 11 is 0. The maximum absolute atomic E-state index is 13.4. The van der Waals surface area contributed by atoms with Crippen molar-refractivity contribution in [2.24, 2.45) is 15.2 Å². The molecule has 0 aliphatic heterocycles. The number of nitrogens with one attached hydrogen (secondary N) is 4. The van der Waals surface area contributed by atoms with Crippen molar-refractivity contribution in [3.8, 4) is 0 Å². The predicted molar refractivity (Wildman–Crippen MR) is 199 cm³/mol. The number of carbonyl (C=O) groups excluding carboxylic acids is 3. The first-order chi connectivity index (χ1) is 25.6. The van der Waals surface area contributed by atoms with Gasteiger partial charge in [0.1, 0.15) is 20.7 Å². The number of amides is 2. The number of carbonyl (C=O) groups is 3. The number of fused-ring (bicyclic) bond motifs is 2. The third-order valence-electron chi connectivity index (χ3n) is 7.65. The van der Waals surface area contributed by atoms with Crippen LogP contribution >= 0.6 is 0 Å². The SMILES string of the molecule is CC([O-])=Nc1ccc(N/N=C2\C(=O)c3ccc(NC(=O)Nc4ccc5c(c4)C=C(S(=O)(=O)[O-])/C(=N\Nc4ccccc4)C5=O)cc3C=C2S(=O)(=O)O)cc1.[Na+].[Na+]. The second-order valence-electron chi connectivity index (χ2n) is 11.5. The molecular formula is C35H25N7Na2O10S2. The zero-order valence-corrected chi connectivity index (χ0v) is 35.2. The van der Waals surface area contributed by atoms with Crippen LogP contribution in [0.5, 0.6) is 0 Å². The van der Waals surface area contributed by atoms with Crippen molar-refractivity contribution in [3.63, 3.8) is 0 Å². The van der Waals surface area contributed by atoms with Crippen molar-refractivity contribution in [2.45, 2.75) is 6.92 Å². The summed E-state index contributed by atoms with van der Waals surface area (Å²) in [5, 5.41) is 24.0. The summed E-state index contributed by atoms with van der Waals surface area (Å²) in [4.78, 5) is 41.6. The van der Waals surface area contributed by atoms with Crippen LogP contribution in [0.2, 0.25) is 0 Å². The van der Waals surface area contributed by atoms with Crippen molar-refractivity contribution in [3.05, 3.63) is 123 Å². The first kappa shape index (κ1) is 43.9. The number of anilines is 4. The van der Waals surface area contributed by atoms with Crippen LogP contribution < -0.4 is 85.7 Å². The van der Waals surface area contributed by atoms with Crippen molar-refractivity contribution in [1.29, 1.82) is 0 Å². The molecule has 4 aromatic rings. The number of rotatable bonds is 9. The Morgan fingerprint density at radius 1 is 0.661 bits per heavy atom. The molecule has 0 radical (unpaired) electrons. The van der Waals surface area contributed by atoms with Crippen LogP contribution in [0.15, 0.2) is 116 Å². The van der Waals surface area contributed by atoms with Gasteiger partial charge < -0.3 is 20.3 Å². The molecule has 21 heteroatoms. The molecule has 2 aliphatic rings. The van der Waals surface area contributed by atoms with E-state index in [2.05, 4.69) is 36.7 Å². The van der Waals surface area contributed by atoms with Crippen LogP contribution in [0.4, 0.5) is 33.2 Å². The number of ketones is 2. The fourth-order valence-corrected chi connectivity index (χ4v) is 6.57. The van der Waals surface area contributed by atoms with Crippen LogP contribution in [0, 0.1) is 0 Å². The number of Topliss-reactive ketones (excluding diaryl/α,β-unsaturated/α-hetero) is 2. The van der Waals surface area contributed by atoms with E-state index in [0.717, 1.165) is 12.2 Å². The van der Waals surface area contributed by atoms with Crippen molar-refractivity contribution in [2.75, 3.05) is 21.5 Å². The number of nitrogens with zero attached hydrogens (tertiary/aromatic N) is 3. The molecule has 0 fully saturated rings. The van der Waals surface area contributed by atoms with Gasteiger partial charge in [0.05, 0.1) is 22.0 Å². The summed E-state index contributed by atoms with van der Waals surface area (Å²) in [5.41, 5.74) is 5.26. The van der Waals surface area contributed by atoms with E-state index in [0.29, 0.717) is 17.1 Å². The minimum Gasteiger partial charge on any atom is -0.862 e. The molecule has 0 aromatic heterocycles. The predicted octanol–water partition coefficient (Wildman–Crippen LogP) is -1.81. The van der Waals surface area contributed by atoms with E-state index >= 15 is 0 Å². The van der Waals surface area contributed by atoms with Crippen LogP contribution in [0.3, 0.4) is 0 Å². The summed E-state index contributed by atoms with van der Waals surface area (Å²) < 4.78 is 70.9. The van der Waals surface area contributed by atoms with Gasteiger partial charge in [-0.2, -0.15) is 18.6 Å². The summed E-state index contributed by atoms with van der Waals surface area (Å²) in [5.74, 6) is -2.11. The number of hydrazone groups is 2. The van der Waals surface area contributed by atoms with Gasteiger partial charge in [-0.25, -0.2) is 13.2 Å². The molecule has 5 N–H and O–H groups in total. The molecule has 274 valence electrons. The fourth-order valence-electron chi connectivity index (χ4n) is 5.27. The number of allylic oxidation sites excluding steroid dienone is 2. The average molecular weight is 814 g/mol. The van der Waals surface area contributed by atoms with Gasteiger partial charge in [0.15, 0.2) is 5.71 Å². The van der Waals surface area contributed by atoms with Crippen LogP contribution in [-0.4, -0.2) is 60.9 Å². The Morgan fingerprint density at radius 3 is 1.57 bits per heavy atom. The van der Waals surface area contributed by atoms with Gasteiger partial charge in [0.2, 0.25) is 11.6 Å². The summed E-state index contributed by atoms with van der Waals surface area (Å²) in [6.45, 7) is 1.28. The first-order valence-corrected chi connectivity index (χ1v) is 18.3. The third-order valence-corrected chi connectivity index (χ3v) is 9.36. The standard InChI is InChI=1S/C35H27N7O10S2.2Na/c1-19(43)36-22-7-9-24(10-8-22)40-42-32-30(54(50,51)52)18-21-16-26(12-14-28(21)34(32)45)38-35(46)37-25-11-13-27-20(15-25)17-29(53(47,48)49)31(33(27)44)41-39-23-5-3-2-4-6-23;;/h2-18,39-40H,1H3,(H,36,43)(H2,37,38,46)(H,47,48,49)(H,50,51,52);;/q;2*+1/p-2/b41-31+,42-32-;;. The van der Waals surface area contributed by atoms with Crippen molar-refractivity contribution >= 4 is 95.7 Å². The summed E-state index contributed by atoms with van der Waals surface area (Å²) in [6.07, 6.45) is 1.98. The van der Waals surface area contributed by atoms with E-state index in [-0.39, 0.29) is 92.7 Å². The number of hydrogen-bond acceptors (Lipinski definition) is 14. The maximum atomic E-state index is 13.4. The molecule has 17 nitrogen and oxygen atoms in total. The number of aliphatic imine (C=N–C) groups is 1. The molecule has 56 heavy (non-hydrogen) atoms. The summed E-state index contributed by atoms with van der Waals surface area (Å²) in [6, 6.07) is 21.3. The molecule has 0 spiro atoms.